The van der Waals surface area contributed by atoms with Crippen molar-refractivity contribution in [3.63, 3.8) is 0 Å². The number of nitrogens with one attached hydrogen (secondary N) is 1. The fraction of sp³-hybridized carbons (Fsp3) is 0.217. The van der Waals surface area contributed by atoms with Crippen molar-refractivity contribution in [2.24, 2.45) is 5.73 Å². The van der Waals surface area contributed by atoms with Gasteiger partial charge in [-0.15, -0.1) is 0 Å². The van der Waals surface area contributed by atoms with Crippen LogP contribution < -0.4 is 10.5 Å². The number of rotatable bonds is 6. The van der Waals surface area contributed by atoms with E-state index in [-0.39, 0.29) is 0 Å². The van der Waals surface area contributed by atoms with Gasteiger partial charge in [-0.05, 0) is 55.0 Å². The molecule has 3 aromatic carbocycles. The fourth-order valence-corrected chi connectivity index (χ4v) is 3.98. The van der Waals surface area contributed by atoms with Crippen LogP contribution in [0.4, 0.5) is 0 Å². The molecule has 4 aromatic rings. The van der Waals surface area contributed by atoms with E-state index in [0.717, 1.165) is 41.8 Å². The van der Waals surface area contributed by atoms with E-state index in [1.165, 1.54) is 21.7 Å². The average Bonchev–Trinajstić information content (AvgIpc) is 3.07. The minimum atomic E-state index is 0.697. The molecule has 0 saturated carbocycles. The molecular weight excluding hydrogens is 356 g/mol. The molecule has 1 heterocycles. The molecule has 3 nitrogen and oxygen atoms in total. The molecule has 138 valence electrons. The largest absolute Gasteiger partial charge is 0.496 e. The van der Waals surface area contributed by atoms with E-state index in [1.54, 1.807) is 7.11 Å². The summed E-state index contributed by atoms with van der Waals surface area (Å²) in [5.41, 5.74) is 10.3. The highest BCUT2D eigenvalue weighted by atomic mass is 35.5. The number of hydrogen-bond donors (Lipinski definition) is 2. The Hall–Kier alpha value is -2.49. The van der Waals surface area contributed by atoms with Crippen molar-refractivity contribution in [1.82, 2.24) is 4.98 Å². The maximum atomic E-state index is 6.31. The van der Waals surface area contributed by atoms with E-state index in [2.05, 4.69) is 41.4 Å². The smallest absolute Gasteiger partial charge is 0.128 e. The molecule has 4 heteroatoms. The Morgan fingerprint density at radius 3 is 2.67 bits per heavy atom. The van der Waals surface area contributed by atoms with E-state index < -0.39 is 0 Å². The van der Waals surface area contributed by atoms with Crippen LogP contribution in [0.25, 0.3) is 32.9 Å². The normalized spacial score (nSPS) is 11.4. The second-order valence-electron chi connectivity index (χ2n) is 6.78. The number of nitrogens with two attached hydrogens (primary N) is 1. The monoisotopic (exact) mass is 378 g/mol. The third-order valence-corrected chi connectivity index (χ3v) is 5.35. The van der Waals surface area contributed by atoms with Crippen molar-refractivity contribution in [2.45, 2.75) is 19.3 Å². The molecule has 0 unspecified atom stereocenters. The summed E-state index contributed by atoms with van der Waals surface area (Å²) in [5, 5.41) is 4.40. The molecule has 0 bridgehead atoms. The first kappa shape index (κ1) is 17.9. The molecule has 0 spiro atoms. The lowest BCUT2D eigenvalue weighted by molar-refractivity contribution is 0.416. The van der Waals surface area contributed by atoms with Gasteiger partial charge in [0.25, 0.3) is 0 Å². The molecule has 0 saturated heterocycles. The van der Waals surface area contributed by atoms with E-state index in [4.69, 9.17) is 22.1 Å². The lowest BCUT2D eigenvalue weighted by atomic mass is 9.98. The number of aryl methyl sites for hydroxylation is 1. The van der Waals surface area contributed by atoms with Crippen LogP contribution in [-0.4, -0.2) is 18.6 Å². The predicted molar refractivity (Wildman–Crippen MR) is 115 cm³/mol. The number of halogens is 1. The third-order valence-electron chi connectivity index (χ3n) is 5.12. The summed E-state index contributed by atoms with van der Waals surface area (Å²) in [6.45, 7) is 0.709. The van der Waals surface area contributed by atoms with Gasteiger partial charge in [-0.1, -0.05) is 48.0 Å². The van der Waals surface area contributed by atoms with Gasteiger partial charge < -0.3 is 15.5 Å². The van der Waals surface area contributed by atoms with Crippen LogP contribution in [0.5, 0.6) is 5.75 Å². The number of ether oxygens (including phenoxy) is 1. The highest BCUT2D eigenvalue weighted by Crippen LogP contribution is 2.39. The van der Waals surface area contributed by atoms with Gasteiger partial charge in [0.05, 0.1) is 18.3 Å². The Morgan fingerprint density at radius 2 is 1.85 bits per heavy atom. The number of fused-ring (bicyclic) bond motifs is 3. The molecule has 4 rings (SSSR count). The predicted octanol–water partition coefficient (Wildman–Crippen LogP) is 5.93. The van der Waals surface area contributed by atoms with Crippen LogP contribution in [-0.2, 0) is 6.42 Å². The van der Waals surface area contributed by atoms with Gasteiger partial charge in [0.2, 0.25) is 0 Å². The maximum absolute atomic E-state index is 6.31. The maximum Gasteiger partial charge on any atom is 0.128 e. The van der Waals surface area contributed by atoms with Crippen LogP contribution in [0, 0.1) is 0 Å². The number of benzene rings is 3. The zero-order valence-corrected chi connectivity index (χ0v) is 16.1. The Balaban J connectivity index is 1.99. The Bertz CT molecular complexity index is 1100. The third kappa shape index (κ3) is 3.29. The molecule has 3 N–H and O–H groups in total. The summed E-state index contributed by atoms with van der Waals surface area (Å²) in [6.07, 6.45) is 3.01. The molecule has 0 radical (unpaired) electrons. The topological polar surface area (TPSA) is 51.0 Å². The van der Waals surface area contributed by atoms with Crippen molar-refractivity contribution in [1.29, 1.82) is 0 Å². The van der Waals surface area contributed by atoms with Crippen molar-refractivity contribution in [3.8, 4) is 17.0 Å². The van der Waals surface area contributed by atoms with Crippen LogP contribution in [0.2, 0.25) is 5.02 Å². The molecule has 0 fully saturated rings. The first-order valence-electron chi connectivity index (χ1n) is 9.29. The van der Waals surface area contributed by atoms with Gasteiger partial charge in [-0.2, -0.15) is 0 Å². The zero-order valence-electron chi connectivity index (χ0n) is 15.4. The number of aromatic amines is 1. The molecule has 0 aliphatic carbocycles. The number of aromatic nitrogens is 1. The number of methoxy groups -OCH3 is 1. The zero-order chi connectivity index (χ0) is 18.8. The molecule has 27 heavy (non-hydrogen) atoms. The lowest BCUT2D eigenvalue weighted by Crippen LogP contribution is -1.99. The summed E-state index contributed by atoms with van der Waals surface area (Å²) in [7, 11) is 1.69. The summed E-state index contributed by atoms with van der Waals surface area (Å²) < 4.78 is 5.62. The van der Waals surface area contributed by atoms with Gasteiger partial charge in [0.15, 0.2) is 0 Å². The molecular formula is C23H23ClN2O. The van der Waals surface area contributed by atoms with Gasteiger partial charge in [0, 0.05) is 21.4 Å². The summed E-state index contributed by atoms with van der Waals surface area (Å²) in [4.78, 5) is 3.68. The van der Waals surface area contributed by atoms with Crippen LogP contribution in [0.3, 0.4) is 0 Å². The number of hydrogen-bond acceptors (Lipinski definition) is 2. The highest BCUT2D eigenvalue weighted by molar-refractivity contribution is 6.31. The molecule has 0 amide bonds. The number of H-pyrrole nitrogens is 1. The minimum Gasteiger partial charge on any atom is -0.496 e. The quantitative estimate of drug-likeness (QED) is 0.408. The van der Waals surface area contributed by atoms with E-state index in [1.807, 2.05) is 18.2 Å². The summed E-state index contributed by atoms with van der Waals surface area (Å²) in [6, 6.07) is 18.6. The SMILES string of the molecule is COc1ccc(Cl)cc1-c1[nH]c2c(ccc3ccccc32)c1CCCCN. The molecule has 0 aliphatic rings. The van der Waals surface area contributed by atoms with Crippen molar-refractivity contribution < 1.29 is 4.74 Å². The first-order chi connectivity index (χ1) is 13.2. The van der Waals surface area contributed by atoms with Crippen LogP contribution in [0.15, 0.2) is 54.6 Å². The van der Waals surface area contributed by atoms with Crippen LogP contribution in [0.1, 0.15) is 18.4 Å². The first-order valence-corrected chi connectivity index (χ1v) is 9.67. The van der Waals surface area contributed by atoms with Crippen molar-refractivity contribution in [2.75, 3.05) is 13.7 Å². The van der Waals surface area contributed by atoms with Gasteiger partial charge >= 0.3 is 0 Å². The molecule has 0 aliphatic heterocycles. The van der Waals surface area contributed by atoms with Gasteiger partial charge in [0.1, 0.15) is 5.75 Å². The lowest BCUT2D eigenvalue weighted by Gasteiger charge is -2.10. The number of unbranched alkanes of at least 4 members (excludes halogenated alkanes) is 1. The minimum absolute atomic E-state index is 0.697. The average molecular weight is 379 g/mol. The Labute approximate surface area is 164 Å². The van der Waals surface area contributed by atoms with Crippen LogP contribution >= 0.6 is 11.6 Å². The molecule has 0 atom stereocenters. The highest BCUT2D eigenvalue weighted by Gasteiger charge is 2.18. The Kier molecular flexibility index (Phi) is 5.06. The second-order valence-corrected chi connectivity index (χ2v) is 7.21. The van der Waals surface area contributed by atoms with Gasteiger partial charge in [-0.3, -0.25) is 0 Å². The standard InChI is InChI=1S/C23H23ClN2O/c1-27-21-12-10-16(24)14-20(21)23-18(8-4-5-13-25)19-11-9-15-6-2-3-7-17(15)22(19)26-23/h2-3,6-7,9-12,14,26H,4-5,8,13,25H2,1H3. The van der Waals surface area contributed by atoms with E-state index in [9.17, 15) is 0 Å². The molecule has 1 aromatic heterocycles. The fourth-order valence-electron chi connectivity index (χ4n) is 3.80. The Morgan fingerprint density at radius 1 is 1.00 bits per heavy atom. The van der Waals surface area contributed by atoms with Crippen molar-refractivity contribution >= 4 is 33.3 Å². The van der Waals surface area contributed by atoms with Gasteiger partial charge in [-0.25, -0.2) is 0 Å². The van der Waals surface area contributed by atoms with Crippen molar-refractivity contribution in [3.05, 3.63) is 65.2 Å². The summed E-state index contributed by atoms with van der Waals surface area (Å²) in [5.74, 6) is 0.815. The van der Waals surface area contributed by atoms with E-state index in [0.29, 0.717) is 11.6 Å². The summed E-state index contributed by atoms with van der Waals surface area (Å²) >= 11 is 6.31. The second kappa shape index (κ2) is 7.63. The van der Waals surface area contributed by atoms with E-state index >= 15 is 0 Å².